The molecular weight excluding hydrogens is 680 g/mol. The lowest BCUT2D eigenvalue weighted by Crippen LogP contribution is -2.67. The standard InChI is InChI=1S/C46H58O8/c1-27(2)28-18-23-46(26-53-40(51)31-14-10-8-12-29(31)38(47)48)25-24-44(6)33(37(28)46)16-17-35-43(5)21-20-36(42(3,4)34(43)19-22-45(35,44)7)54-41(52)32-15-11-9-13-30(32)39(49)50/h8-15,28,33-37H,1,16-26H2,2-7H3,(H,47,48)(H,49,50)/t28-,33-,34+,35+,36-,37-,43-,44+,45+,46+/m0/s1. The molecule has 54 heavy (non-hydrogen) atoms. The third-order valence-corrected chi connectivity index (χ3v) is 16.7. The van der Waals surface area contributed by atoms with E-state index in [0.717, 1.165) is 64.2 Å². The maximum absolute atomic E-state index is 13.5. The van der Waals surface area contributed by atoms with Crippen LogP contribution in [-0.4, -0.2) is 46.8 Å². The van der Waals surface area contributed by atoms with Gasteiger partial charge in [0, 0.05) is 10.8 Å². The highest BCUT2D eigenvalue weighted by Crippen LogP contribution is 2.77. The molecule has 2 aromatic rings. The second kappa shape index (κ2) is 13.4. The summed E-state index contributed by atoms with van der Waals surface area (Å²) < 4.78 is 12.4. The summed E-state index contributed by atoms with van der Waals surface area (Å²) in [6.07, 6.45) is 9.77. The SMILES string of the molecule is C=C(C)[C@@H]1CC[C@]2(COC(=O)c3ccccc3C(=O)O)CC[C@]3(C)[C@@H](CC[C@@H]4[C@@]5(C)CC[C@H](OC(=O)c6ccccc6C(=O)O)C(C)(C)[C@H]5CC[C@]43C)[C@H]12. The molecule has 290 valence electrons. The number of hydrogen-bond acceptors (Lipinski definition) is 6. The molecule has 8 heteroatoms. The fraction of sp³-hybridized carbons (Fsp3) is 0.609. The van der Waals surface area contributed by atoms with Gasteiger partial charge in [0.2, 0.25) is 0 Å². The van der Waals surface area contributed by atoms with E-state index in [4.69, 9.17) is 9.47 Å². The molecular formula is C46H58O8. The Morgan fingerprint density at radius 3 is 1.87 bits per heavy atom. The predicted octanol–water partition coefficient (Wildman–Crippen LogP) is 10.1. The average Bonchev–Trinajstić information content (AvgIpc) is 3.52. The molecule has 5 fully saturated rings. The van der Waals surface area contributed by atoms with Crippen molar-refractivity contribution in [1.82, 2.24) is 0 Å². The first-order valence-electron chi connectivity index (χ1n) is 20.1. The lowest BCUT2D eigenvalue weighted by atomic mass is 9.32. The Morgan fingerprint density at radius 2 is 1.28 bits per heavy atom. The molecule has 0 radical (unpaired) electrons. The molecule has 5 aliphatic carbocycles. The van der Waals surface area contributed by atoms with E-state index in [1.165, 1.54) is 17.7 Å². The number of aromatic carboxylic acids is 2. The van der Waals surface area contributed by atoms with Crippen LogP contribution in [0, 0.1) is 56.7 Å². The molecule has 2 N–H and O–H groups in total. The van der Waals surface area contributed by atoms with Crippen molar-refractivity contribution in [2.24, 2.45) is 56.7 Å². The zero-order valence-electron chi connectivity index (χ0n) is 32.9. The molecule has 0 heterocycles. The number of carboxylic acid groups (broad SMARTS) is 2. The van der Waals surface area contributed by atoms with Crippen molar-refractivity contribution in [3.8, 4) is 0 Å². The number of benzene rings is 2. The number of rotatable bonds is 8. The minimum absolute atomic E-state index is 0.0336. The van der Waals surface area contributed by atoms with Gasteiger partial charge in [-0.1, -0.05) is 71.0 Å². The number of hydrogen-bond donors (Lipinski definition) is 2. The molecule has 0 spiro atoms. The predicted molar refractivity (Wildman–Crippen MR) is 205 cm³/mol. The van der Waals surface area contributed by atoms with Gasteiger partial charge < -0.3 is 19.7 Å². The summed E-state index contributed by atoms with van der Waals surface area (Å²) in [7, 11) is 0. The van der Waals surface area contributed by atoms with Gasteiger partial charge in [0.1, 0.15) is 6.10 Å². The van der Waals surface area contributed by atoms with Crippen LogP contribution in [0.5, 0.6) is 0 Å². The number of carbonyl (C=O) groups excluding carboxylic acids is 2. The fourth-order valence-electron chi connectivity index (χ4n) is 13.9. The highest BCUT2D eigenvalue weighted by atomic mass is 16.5. The Kier molecular flexibility index (Phi) is 9.49. The Morgan fingerprint density at radius 1 is 0.685 bits per heavy atom. The van der Waals surface area contributed by atoms with Gasteiger partial charge in [0.25, 0.3) is 0 Å². The van der Waals surface area contributed by atoms with Gasteiger partial charge in [0.05, 0.1) is 28.9 Å². The average molecular weight is 739 g/mol. The van der Waals surface area contributed by atoms with Crippen molar-refractivity contribution >= 4 is 23.9 Å². The second-order valence-corrected chi connectivity index (χ2v) is 19.1. The van der Waals surface area contributed by atoms with E-state index in [0.29, 0.717) is 36.2 Å². The van der Waals surface area contributed by atoms with Crippen LogP contribution < -0.4 is 0 Å². The Labute approximate surface area is 320 Å². The maximum Gasteiger partial charge on any atom is 0.339 e. The zero-order valence-corrected chi connectivity index (χ0v) is 32.9. The number of carbonyl (C=O) groups is 4. The number of esters is 2. The molecule has 0 saturated heterocycles. The summed E-state index contributed by atoms with van der Waals surface area (Å²) in [4.78, 5) is 50.7. The van der Waals surface area contributed by atoms with Crippen molar-refractivity contribution in [1.29, 1.82) is 0 Å². The third kappa shape index (κ3) is 5.67. The maximum atomic E-state index is 13.5. The lowest BCUT2D eigenvalue weighted by molar-refractivity contribution is -0.249. The number of fused-ring (bicyclic) bond motifs is 7. The lowest BCUT2D eigenvalue weighted by Gasteiger charge is -2.73. The van der Waals surface area contributed by atoms with Crippen LogP contribution in [0.25, 0.3) is 0 Å². The van der Waals surface area contributed by atoms with Gasteiger partial charge in [-0.15, -0.1) is 0 Å². The number of ether oxygens (including phenoxy) is 2. The summed E-state index contributed by atoms with van der Waals surface area (Å²) >= 11 is 0. The van der Waals surface area contributed by atoms with Crippen molar-refractivity contribution in [3.63, 3.8) is 0 Å². The largest absolute Gasteiger partial charge is 0.478 e. The van der Waals surface area contributed by atoms with E-state index in [1.54, 1.807) is 36.4 Å². The minimum atomic E-state index is -1.14. The Balaban J connectivity index is 1.14. The highest BCUT2D eigenvalue weighted by molar-refractivity contribution is 6.03. The van der Waals surface area contributed by atoms with Crippen molar-refractivity contribution in [2.45, 2.75) is 112 Å². The number of allylic oxidation sites excluding steroid dienone is 1. The van der Waals surface area contributed by atoms with Crippen LogP contribution in [0.1, 0.15) is 147 Å². The molecule has 10 atom stereocenters. The van der Waals surface area contributed by atoms with Gasteiger partial charge in [-0.25, -0.2) is 19.2 Å². The van der Waals surface area contributed by atoms with E-state index < -0.39 is 23.9 Å². The quantitative estimate of drug-likeness (QED) is 0.202. The first-order valence-corrected chi connectivity index (χ1v) is 20.1. The van der Waals surface area contributed by atoms with Crippen LogP contribution in [0.2, 0.25) is 0 Å². The molecule has 2 aromatic carbocycles. The minimum Gasteiger partial charge on any atom is -0.478 e. The molecule has 0 aliphatic heterocycles. The molecule has 5 aliphatic rings. The van der Waals surface area contributed by atoms with Crippen LogP contribution in [-0.2, 0) is 9.47 Å². The molecule has 0 unspecified atom stereocenters. The summed E-state index contributed by atoms with van der Waals surface area (Å²) in [5.74, 6) is -1.43. The van der Waals surface area contributed by atoms with Gasteiger partial charge in [-0.3, -0.25) is 0 Å². The zero-order chi connectivity index (χ0) is 39.0. The van der Waals surface area contributed by atoms with Crippen LogP contribution in [0.4, 0.5) is 0 Å². The molecule has 0 bridgehead atoms. The molecule has 0 aromatic heterocycles. The van der Waals surface area contributed by atoms with Crippen molar-refractivity contribution < 1.29 is 38.9 Å². The third-order valence-electron chi connectivity index (χ3n) is 16.7. The van der Waals surface area contributed by atoms with E-state index in [-0.39, 0.29) is 55.4 Å². The van der Waals surface area contributed by atoms with Crippen LogP contribution >= 0.6 is 0 Å². The highest BCUT2D eigenvalue weighted by Gasteiger charge is 2.71. The first-order chi connectivity index (χ1) is 25.4. The van der Waals surface area contributed by atoms with Crippen molar-refractivity contribution in [2.75, 3.05) is 6.61 Å². The van der Waals surface area contributed by atoms with Gasteiger partial charge >= 0.3 is 23.9 Å². The smallest absolute Gasteiger partial charge is 0.339 e. The summed E-state index contributed by atoms with van der Waals surface area (Å²) in [6, 6.07) is 12.6. The Bertz CT molecular complexity index is 1880. The summed E-state index contributed by atoms with van der Waals surface area (Å²) in [6.45, 7) is 19.1. The fourth-order valence-corrected chi connectivity index (χ4v) is 13.9. The molecule has 8 nitrogen and oxygen atoms in total. The summed E-state index contributed by atoms with van der Waals surface area (Å²) in [5.41, 5.74) is 1.09. The van der Waals surface area contributed by atoms with E-state index in [1.807, 2.05) is 0 Å². The first kappa shape index (κ1) is 38.3. The monoisotopic (exact) mass is 738 g/mol. The molecule has 0 amide bonds. The van der Waals surface area contributed by atoms with Gasteiger partial charge in [0.15, 0.2) is 0 Å². The van der Waals surface area contributed by atoms with Crippen molar-refractivity contribution in [3.05, 3.63) is 82.9 Å². The van der Waals surface area contributed by atoms with Crippen LogP contribution in [0.15, 0.2) is 60.7 Å². The topological polar surface area (TPSA) is 127 Å². The van der Waals surface area contributed by atoms with Gasteiger partial charge in [-0.05, 0) is 141 Å². The normalized spacial score (nSPS) is 37.7. The molecule has 7 rings (SSSR count). The van der Waals surface area contributed by atoms with Gasteiger partial charge in [-0.2, -0.15) is 0 Å². The van der Waals surface area contributed by atoms with E-state index in [9.17, 15) is 29.4 Å². The van der Waals surface area contributed by atoms with Crippen LogP contribution in [0.3, 0.4) is 0 Å². The van der Waals surface area contributed by atoms with E-state index >= 15 is 0 Å². The molecule has 5 saturated carbocycles. The number of carboxylic acids is 2. The second-order valence-electron chi connectivity index (χ2n) is 19.1. The Hall–Kier alpha value is -3.94. The van der Waals surface area contributed by atoms with E-state index in [2.05, 4.69) is 48.1 Å². The summed E-state index contributed by atoms with van der Waals surface area (Å²) in [5, 5.41) is 19.5.